The van der Waals surface area contributed by atoms with Crippen LogP contribution in [0.25, 0.3) is 0 Å². The largest absolute Gasteiger partial charge is 0.466 e. The molecule has 8 nitrogen and oxygen atoms in total. The lowest BCUT2D eigenvalue weighted by Crippen LogP contribution is -2.59. The van der Waals surface area contributed by atoms with Crippen LogP contribution in [0, 0.1) is 11.3 Å². The zero-order valence-electron chi connectivity index (χ0n) is 16.1. The molecule has 1 saturated heterocycles. The van der Waals surface area contributed by atoms with Gasteiger partial charge in [-0.25, -0.2) is 4.79 Å². The molecular formula is C19H23N3O5. The number of nitrogens with zero attached hydrogens (tertiary/aromatic N) is 3. The number of esters is 1. The van der Waals surface area contributed by atoms with Crippen LogP contribution < -0.4 is 4.90 Å². The van der Waals surface area contributed by atoms with Crippen LogP contribution >= 0.6 is 0 Å². The number of carbonyl (C=O) groups excluding carboxylic acids is 4. The molecule has 144 valence electrons. The maximum absolute atomic E-state index is 13.0. The van der Waals surface area contributed by atoms with E-state index in [1.165, 1.54) is 14.1 Å². The molecule has 0 N–H and O–H groups in total. The maximum atomic E-state index is 13.0. The van der Waals surface area contributed by atoms with Crippen molar-refractivity contribution in [2.24, 2.45) is 11.3 Å². The Balaban J connectivity index is 2.08. The van der Waals surface area contributed by atoms with E-state index in [4.69, 9.17) is 4.74 Å². The Morgan fingerprint density at radius 2 is 1.59 bits per heavy atom. The van der Waals surface area contributed by atoms with Gasteiger partial charge < -0.3 is 9.64 Å². The van der Waals surface area contributed by atoms with E-state index in [1.54, 1.807) is 19.1 Å². The normalized spacial score (nSPS) is 23.7. The SMILES string of the molecule is CCOC(=O)C1C(c2ccc(N(C)C)cc2)C12C(=O)N(C)C(=O)N(C)C2=O. The highest BCUT2D eigenvalue weighted by Crippen LogP contribution is 2.68. The number of benzene rings is 1. The van der Waals surface area contributed by atoms with Crippen LogP contribution in [0.5, 0.6) is 0 Å². The van der Waals surface area contributed by atoms with E-state index in [2.05, 4.69) is 0 Å². The molecule has 2 aliphatic rings. The van der Waals surface area contributed by atoms with Crippen molar-refractivity contribution < 1.29 is 23.9 Å². The van der Waals surface area contributed by atoms with E-state index in [9.17, 15) is 19.2 Å². The molecule has 0 aromatic heterocycles. The molecule has 1 aliphatic carbocycles. The molecular weight excluding hydrogens is 350 g/mol. The number of imide groups is 2. The van der Waals surface area contributed by atoms with Crippen molar-refractivity contribution in [2.45, 2.75) is 12.8 Å². The molecule has 0 bridgehead atoms. The van der Waals surface area contributed by atoms with Crippen LogP contribution in [0.2, 0.25) is 0 Å². The van der Waals surface area contributed by atoms with Gasteiger partial charge in [0.15, 0.2) is 5.41 Å². The Hall–Kier alpha value is -2.90. The average Bonchev–Trinajstić information content (AvgIpc) is 3.35. The fraction of sp³-hybridized carbons (Fsp3) is 0.474. The third-order valence-electron chi connectivity index (χ3n) is 5.41. The van der Waals surface area contributed by atoms with Crippen LogP contribution in [0.1, 0.15) is 18.4 Å². The second-order valence-electron chi connectivity index (χ2n) is 7.07. The van der Waals surface area contributed by atoms with Crippen molar-refractivity contribution in [3.63, 3.8) is 0 Å². The van der Waals surface area contributed by atoms with Crippen LogP contribution in [0.3, 0.4) is 0 Å². The predicted molar refractivity (Wildman–Crippen MR) is 97.0 cm³/mol. The van der Waals surface area contributed by atoms with Crippen LogP contribution in [-0.4, -0.2) is 68.4 Å². The molecule has 2 fully saturated rings. The van der Waals surface area contributed by atoms with Gasteiger partial charge in [-0.05, 0) is 24.6 Å². The maximum Gasteiger partial charge on any atom is 0.332 e. The van der Waals surface area contributed by atoms with Crippen molar-refractivity contribution in [3.8, 4) is 0 Å². The van der Waals surface area contributed by atoms with Gasteiger partial charge in [0.05, 0.1) is 12.5 Å². The molecule has 2 atom stereocenters. The third kappa shape index (κ3) is 2.50. The summed E-state index contributed by atoms with van der Waals surface area (Å²) < 4.78 is 5.13. The Morgan fingerprint density at radius 3 is 2.04 bits per heavy atom. The summed E-state index contributed by atoms with van der Waals surface area (Å²) in [6, 6.07) is 6.63. The summed E-state index contributed by atoms with van der Waals surface area (Å²) in [5.74, 6) is -3.52. The number of anilines is 1. The minimum Gasteiger partial charge on any atom is -0.466 e. The van der Waals surface area contributed by atoms with Gasteiger partial charge in [-0.1, -0.05) is 12.1 Å². The fourth-order valence-corrected chi connectivity index (χ4v) is 3.95. The lowest BCUT2D eigenvalue weighted by atomic mass is 9.93. The van der Waals surface area contributed by atoms with E-state index in [0.717, 1.165) is 15.5 Å². The number of ether oxygens (including phenoxy) is 1. The van der Waals surface area contributed by atoms with Crippen molar-refractivity contribution >= 4 is 29.5 Å². The van der Waals surface area contributed by atoms with Gasteiger partial charge in [-0.3, -0.25) is 24.2 Å². The zero-order valence-corrected chi connectivity index (χ0v) is 16.1. The fourth-order valence-electron chi connectivity index (χ4n) is 3.95. The molecule has 1 spiro atoms. The first-order chi connectivity index (χ1) is 12.7. The molecule has 0 radical (unpaired) electrons. The van der Waals surface area contributed by atoms with Gasteiger partial charge in [0.2, 0.25) is 11.8 Å². The molecule has 4 amide bonds. The van der Waals surface area contributed by atoms with Crippen molar-refractivity contribution in [1.82, 2.24) is 9.80 Å². The summed E-state index contributed by atoms with van der Waals surface area (Å²) in [4.78, 5) is 54.4. The average molecular weight is 373 g/mol. The molecule has 1 aliphatic heterocycles. The van der Waals surface area contributed by atoms with Gasteiger partial charge in [-0.2, -0.15) is 0 Å². The first-order valence-electron chi connectivity index (χ1n) is 8.73. The molecule has 2 unspecified atom stereocenters. The molecule has 8 heteroatoms. The number of urea groups is 1. The summed E-state index contributed by atoms with van der Waals surface area (Å²) in [6.45, 7) is 1.81. The summed E-state index contributed by atoms with van der Waals surface area (Å²) in [6.07, 6.45) is 0. The Morgan fingerprint density at radius 1 is 1.07 bits per heavy atom. The Labute approximate surface area is 157 Å². The van der Waals surface area contributed by atoms with E-state index in [-0.39, 0.29) is 6.61 Å². The van der Waals surface area contributed by atoms with Crippen LogP contribution in [0.4, 0.5) is 10.5 Å². The topological polar surface area (TPSA) is 87.2 Å². The second-order valence-corrected chi connectivity index (χ2v) is 7.07. The van der Waals surface area contributed by atoms with E-state index in [1.807, 2.05) is 31.1 Å². The number of hydrogen-bond donors (Lipinski definition) is 0. The molecule has 3 rings (SSSR count). The van der Waals surface area contributed by atoms with Gasteiger partial charge in [0.25, 0.3) is 0 Å². The highest BCUT2D eigenvalue weighted by atomic mass is 16.5. The smallest absolute Gasteiger partial charge is 0.332 e. The summed E-state index contributed by atoms with van der Waals surface area (Å²) in [7, 11) is 6.45. The first-order valence-corrected chi connectivity index (χ1v) is 8.73. The summed E-state index contributed by atoms with van der Waals surface area (Å²) in [5.41, 5.74) is 0.0203. The lowest BCUT2D eigenvalue weighted by molar-refractivity contribution is -0.156. The van der Waals surface area contributed by atoms with Crippen molar-refractivity contribution in [2.75, 3.05) is 39.7 Å². The van der Waals surface area contributed by atoms with E-state index >= 15 is 0 Å². The highest BCUT2D eigenvalue weighted by molar-refractivity contribution is 6.24. The summed E-state index contributed by atoms with van der Waals surface area (Å²) in [5, 5.41) is 0. The monoisotopic (exact) mass is 373 g/mol. The molecule has 1 heterocycles. The number of barbiturate groups is 1. The molecule has 27 heavy (non-hydrogen) atoms. The van der Waals surface area contributed by atoms with Crippen molar-refractivity contribution in [3.05, 3.63) is 29.8 Å². The standard InChI is InChI=1S/C19H23N3O5/c1-6-27-15(23)14-13(11-7-9-12(10-8-11)20(2)3)19(14)16(24)21(4)18(26)22(5)17(19)25/h7-10,13-14H,6H2,1-5H3. The van der Waals surface area contributed by atoms with Gasteiger partial charge in [-0.15, -0.1) is 0 Å². The highest BCUT2D eigenvalue weighted by Gasteiger charge is 2.81. The number of rotatable bonds is 4. The predicted octanol–water partition coefficient (Wildman–Crippen LogP) is 1.07. The van der Waals surface area contributed by atoms with Gasteiger partial charge >= 0.3 is 12.0 Å². The van der Waals surface area contributed by atoms with Crippen LogP contribution in [0.15, 0.2) is 24.3 Å². The molecule has 1 aromatic rings. The number of amides is 4. The van der Waals surface area contributed by atoms with Gasteiger partial charge in [0, 0.05) is 39.8 Å². The minimum atomic E-state index is -1.62. The van der Waals surface area contributed by atoms with E-state index < -0.39 is 41.1 Å². The molecule has 1 saturated carbocycles. The lowest BCUT2D eigenvalue weighted by Gasteiger charge is -2.34. The zero-order chi connectivity index (χ0) is 20.1. The van der Waals surface area contributed by atoms with E-state index in [0.29, 0.717) is 5.56 Å². The van der Waals surface area contributed by atoms with Crippen molar-refractivity contribution in [1.29, 1.82) is 0 Å². The Bertz CT molecular complexity index is 793. The van der Waals surface area contributed by atoms with Gasteiger partial charge in [0.1, 0.15) is 0 Å². The first kappa shape index (κ1) is 18.9. The number of carbonyl (C=O) groups is 4. The Kier molecular flexibility index (Phi) is 4.45. The second kappa shape index (κ2) is 6.37. The quantitative estimate of drug-likeness (QED) is 0.579. The molecule has 1 aromatic carbocycles. The van der Waals surface area contributed by atoms with Crippen LogP contribution in [-0.2, 0) is 19.1 Å². The summed E-state index contributed by atoms with van der Waals surface area (Å²) >= 11 is 0. The third-order valence-corrected chi connectivity index (χ3v) is 5.41. The number of hydrogen-bond acceptors (Lipinski definition) is 6. The minimum absolute atomic E-state index is 0.144.